The fraction of sp³-hybridized carbons (Fsp3) is 0.360. The Bertz CT molecular complexity index is 1260. The average molecular weight is 528 g/mol. The molecule has 9 heteroatoms. The van der Waals surface area contributed by atoms with Gasteiger partial charge in [0, 0.05) is 10.0 Å². The Hall–Kier alpha value is -3.07. The van der Waals surface area contributed by atoms with Gasteiger partial charge in [0.25, 0.3) is 5.91 Å². The highest BCUT2D eigenvalue weighted by atomic mass is 79.9. The highest BCUT2D eigenvalue weighted by molar-refractivity contribution is 9.10. The Kier molecular flexibility index (Phi) is 4.82. The lowest BCUT2D eigenvalue weighted by molar-refractivity contribution is -0.148. The maximum absolute atomic E-state index is 14.0. The van der Waals surface area contributed by atoms with Gasteiger partial charge in [0.2, 0.25) is 11.8 Å². The Morgan fingerprint density at radius 3 is 2.21 bits per heavy atom. The summed E-state index contributed by atoms with van der Waals surface area (Å²) in [5, 5.41) is 0. The van der Waals surface area contributed by atoms with E-state index in [2.05, 4.69) is 15.9 Å². The molecule has 5 rings (SSSR count). The van der Waals surface area contributed by atoms with Crippen molar-refractivity contribution in [3.8, 4) is 0 Å². The lowest BCUT2D eigenvalue weighted by Crippen LogP contribution is -2.54. The van der Waals surface area contributed by atoms with E-state index in [9.17, 15) is 23.6 Å². The number of amides is 5. The lowest BCUT2D eigenvalue weighted by atomic mass is 9.80. The van der Waals surface area contributed by atoms with E-state index in [1.807, 2.05) is 0 Å². The number of carbonyl (C=O) groups is 4. The standard InChI is InChI=1S/C25H23BrFN3O4/c1-24(2,3)30-20(31)17-18(21(30)32)25(4)22(33)28(16-7-5-6-15(27)12-16)23(34)29(25)19(17)13-8-10-14(26)11-9-13/h5-12,17-19H,1-4H3/t17-,18-,19-,25-/m1/s1. The Morgan fingerprint density at radius 1 is 0.971 bits per heavy atom. The van der Waals surface area contributed by atoms with Crippen LogP contribution in [0, 0.1) is 17.7 Å². The van der Waals surface area contributed by atoms with Crippen molar-refractivity contribution in [2.24, 2.45) is 11.8 Å². The van der Waals surface area contributed by atoms with E-state index in [4.69, 9.17) is 0 Å². The number of carbonyl (C=O) groups excluding carboxylic acids is 4. The van der Waals surface area contributed by atoms with Crippen LogP contribution in [-0.4, -0.2) is 44.6 Å². The first-order valence-corrected chi connectivity index (χ1v) is 11.7. The SMILES string of the molecule is CC(C)(C)N1C(=O)[C@H]2[C@@H](c3ccc(Br)cc3)N3C(=O)N(c4cccc(F)c4)C(=O)[C@@]3(C)[C@H]2C1=O. The van der Waals surface area contributed by atoms with Gasteiger partial charge in [-0.25, -0.2) is 14.1 Å². The number of rotatable bonds is 2. The van der Waals surface area contributed by atoms with Gasteiger partial charge in [-0.15, -0.1) is 0 Å². The number of anilines is 1. The second-order valence-corrected chi connectivity index (χ2v) is 11.0. The van der Waals surface area contributed by atoms with Crippen LogP contribution in [0.3, 0.4) is 0 Å². The molecule has 34 heavy (non-hydrogen) atoms. The Morgan fingerprint density at radius 2 is 1.62 bits per heavy atom. The number of nitrogens with zero attached hydrogens (tertiary/aromatic N) is 3. The summed E-state index contributed by atoms with van der Waals surface area (Å²) in [7, 11) is 0. The number of fused-ring (bicyclic) bond motifs is 3. The molecule has 0 aliphatic carbocycles. The van der Waals surface area contributed by atoms with Gasteiger partial charge in [-0.3, -0.25) is 19.3 Å². The number of imide groups is 2. The zero-order valence-corrected chi connectivity index (χ0v) is 20.7. The summed E-state index contributed by atoms with van der Waals surface area (Å²) in [6, 6.07) is 10.8. The summed E-state index contributed by atoms with van der Waals surface area (Å²) >= 11 is 3.40. The zero-order valence-electron chi connectivity index (χ0n) is 19.1. The highest BCUT2D eigenvalue weighted by Crippen LogP contribution is 2.59. The molecule has 5 amide bonds. The summed E-state index contributed by atoms with van der Waals surface area (Å²) in [5.74, 6) is -4.07. The molecule has 0 N–H and O–H groups in total. The summed E-state index contributed by atoms with van der Waals surface area (Å²) < 4.78 is 14.8. The predicted molar refractivity (Wildman–Crippen MR) is 125 cm³/mol. The van der Waals surface area contributed by atoms with E-state index >= 15 is 0 Å². The van der Waals surface area contributed by atoms with Crippen molar-refractivity contribution in [2.75, 3.05) is 4.90 Å². The van der Waals surface area contributed by atoms with Crippen molar-refractivity contribution in [2.45, 2.75) is 44.8 Å². The molecular formula is C25H23BrFN3O4. The van der Waals surface area contributed by atoms with E-state index < -0.39 is 58.5 Å². The molecule has 176 valence electrons. The molecule has 3 aliphatic heterocycles. The largest absolute Gasteiger partial charge is 0.332 e. The van der Waals surface area contributed by atoms with Crippen LogP contribution < -0.4 is 4.90 Å². The second kappa shape index (κ2) is 7.21. The van der Waals surface area contributed by atoms with Gasteiger partial charge in [-0.2, -0.15) is 0 Å². The third-order valence-electron chi connectivity index (χ3n) is 7.06. The number of benzene rings is 2. The van der Waals surface area contributed by atoms with Crippen molar-refractivity contribution < 1.29 is 23.6 Å². The number of halogens is 2. The smallest absolute Gasteiger partial charge is 0.301 e. The molecule has 7 nitrogen and oxygen atoms in total. The molecule has 3 heterocycles. The quantitative estimate of drug-likeness (QED) is 0.431. The molecule has 3 fully saturated rings. The molecule has 0 unspecified atom stereocenters. The van der Waals surface area contributed by atoms with Crippen LogP contribution in [0.5, 0.6) is 0 Å². The Balaban J connectivity index is 1.72. The van der Waals surface area contributed by atoms with Crippen molar-refractivity contribution in [1.82, 2.24) is 9.80 Å². The third-order valence-corrected chi connectivity index (χ3v) is 7.59. The van der Waals surface area contributed by atoms with Crippen molar-refractivity contribution in [1.29, 1.82) is 0 Å². The van der Waals surface area contributed by atoms with Gasteiger partial charge >= 0.3 is 6.03 Å². The van der Waals surface area contributed by atoms with Crippen LogP contribution in [0.15, 0.2) is 53.0 Å². The second-order valence-electron chi connectivity index (χ2n) is 10.1. The van der Waals surface area contributed by atoms with Crippen molar-refractivity contribution >= 4 is 45.4 Å². The number of urea groups is 1. The molecule has 2 aromatic rings. The maximum atomic E-state index is 14.0. The molecule has 3 aliphatic rings. The van der Waals surface area contributed by atoms with Crippen LogP contribution >= 0.6 is 15.9 Å². The minimum absolute atomic E-state index is 0.0844. The molecule has 4 atom stereocenters. The molecule has 3 saturated heterocycles. The van der Waals surface area contributed by atoms with Crippen LogP contribution in [0.25, 0.3) is 0 Å². The fourth-order valence-electron chi connectivity index (χ4n) is 5.69. The van der Waals surface area contributed by atoms with Gasteiger partial charge in [-0.1, -0.05) is 34.1 Å². The number of hydrogen-bond acceptors (Lipinski definition) is 4. The van der Waals surface area contributed by atoms with Gasteiger partial charge < -0.3 is 4.90 Å². The number of hydrogen-bond donors (Lipinski definition) is 0. The summed E-state index contributed by atoms with van der Waals surface area (Å²) in [4.78, 5) is 58.5. The van der Waals surface area contributed by atoms with Crippen LogP contribution in [0.4, 0.5) is 14.9 Å². The predicted octanol–water partition coefficient (Wildman–Crippen LogP) is 4.27. The number of likely N-dealkylation sites (tertiary alicyclic amines) is 1. The minimum atomic E-state index is -1.60. The van der Waals surface area contributed by atoms with E-state index in [0.29, 0.717) is 5.56 Å². The average Bonchev–Trinajstić information content (AvgIpc) is 3.25. The van der Waals surface area contributed by atoms with E-state index in [1.54, 1.807) is 52.0 Å². The molecule has 0 saturated carbocycles. The van der Waals surface area contributed by atoms with E-state index in [-0.39, 0.29) is 5.69 Å². The molecule has 0 aromatic heterocycles. The summed E-state index contributed by atoms with van der Waals surface area (Å²) in [6.45, 7) is 6.83. The molecule has 2 aromatic carbocycles. The highest BCUT2D eigenvalue weighted by Gasteiger charge is 2.76. The normalized spacial score (nSPS) is 28.8. The van der Waals surface area contributed by atoms with Gasteiger partial charge in [0.15, 0.2) is 0 Å². The van der Waals surface area contributed by atoms with Crippen LogP contribution in [-0.2, 0) is 14.4 Å². The van der Waals surface area contributed by atoms with Crippen molar-refractivity contribution in [3.05, 3.63) is 64.4 Å². The zero-order chi connectivity index (χ0) is 24.7. The monoisotopic (exact) mass is 527 g/mol. The molecule has 0 spiro atoms. The van der Waals surface area contributed by atoms with Gasteiger partial charge in [0.1, 0.15) is 11.4 Å². The Labute approximate surface area is 204 Å². The van der Waals surface area contributed by atoms with Crippen LogP contribution in [0.2, 0.25) is 0 Å². The molecule has 0 radical (unpaired) electrons. The summed E-state index contributed by atoms with van der Waals surface area (Å²) in [5.41, 5.74) is -1.67. The first-order valence-electron chi connectivity index (χ1n) is 11.0. The lowest BCUT2D eigenvalue weighted by Gasteiger charge is -2.36. The van der Waals surface area contributed by atoms with Crippen LogP contribution in [0.1, 0.15) is 39.3 Å². The molecule has 0 bridgehead atoms. The maximum Gasteiger partial charge on any atom is 0.332 e. The van der Waals surface area contributed by atoms with E-state index in [1.165, 1.54) is 28.0 Å². The summed E-state index contributed by atoms with van der Waals surface area (Å²) in [6.07, 6.45) is 0. The van der Waals surface area contributed by atoms with E-state index in [0.717, 1.165) is 15.4 Å². The minimum Gasteiger partial charge on any atom is -0.301 e. The van der Waals surface area contributed by atoms with Gasteiger partial charge in [0.05, 0.1) is 23.6 Å². The molecular weight excluding hydrogens is 505 g/mol. The van der Waals surface area contributed by atoms with Gasteiger partial charge in [-0.05, 0) is 63.6 Å². The topological polar surface area (TPSA) is 78.0 Å². The fourth-order valence-corrected chi connectivity index (χ4v) is 5.96. The third kappa shape index (κ3) is 2.85. The van der Waals surface area contributed by atoms with Crippen molar-refractivity contribution in [3.63, 3.8) is 0 Å². The first-order chi connectivity index (χ1) is 15.9. The first kappa shape index (κ1) is 22.7.